The van der Waals surface area contributed by atoms with Crippen molar-refractivity contribution in [2.24, 2.45) is 5.73 Å². The maximum Gasteiger partial charge on any atom is 0.220 e. The van der Waals surface area contributed by atoms with Gasteiger partial charge in [-0.05, 0) is 85.6 Å². The smallest absolute Gasteiger partial charge is 0.220 e. The molecule has 0 aliphatic carbocycles. The Hall–Kier alpha value is -3.82. The van der Waals surface area contributed by atoms with Gasteiger partial charge in [0.1, 0.15) is 5.75 Å². The molecule has 1 aromatic carbocycles. The Morgan fingerprint density at radius 1 is 0.615 bits per heavy atom. The number of rotatable bonds is 19. The fraction of sp³-hybridized carbons (Fsp3) is 0.308. The molecule has 5 aromatic rings. The van der Waals surface area contributed by atoms with Crippen molar-refractivity contribution in [2.75, 3.05) is 6.54 Å². The minimum atomic E-state index is 0. The molecule has 0 saturated heterocycles. The van der Waals surface area contributed by atoms with Gasteiger partial charge < -0.3 is 21.6 Å². The molecule has 4 heterocycles. The van der Waals surface area contributed by atoms with Crippen molar-refractivity contribution >= 4 is 5.91 Å². The van der Waals surface area contributed by atoms with Crippen LogP contribution in [-0.4, -0.2) is 52.8 Å². The van der Waals surface area contributed by atoms with Crippen molar-refractivity contribution in [2.45, 2.75) is 71.5 Å². The topological polar surface area (TPSA) is 165 Å². The van der Waals surface area contributed by atoms with Crippen LogP contribution >= 0.6 is 0 Å². The van der Waals surface area contributed by atoms with Crippen molar-refractivity contribution in [3.63, 3.8) is 0 Å². The van der Waals surface area contributed by atoms with Crippen LogP contribution in [0.1, 0.15) is 65.1 Å². The van der Waals surface area contributed by atoms with Crippen LogP contribution in [-0.2, 0) is 89.6 Å². The molecule has 0 fully saturated rings. The van der Waals surface area contributed by atoms with Gasteiger partial charge in [-0.25, -0.2) is 0 Å². The molecule has 0 bridgehead atoms. The number of aromatic nitrogens is 4. The summed E-state index contributed by atoms with van der Waals surface area (Å²) in [5, 5.41) is 15.0. The van der Waals surface area contributed by atoms with E-state index in [1.807, 2.05) is 84.9 Å². The number of unbranched alkanes of at least 4 members (excludes halogenated alkanes) is 2. The van der Waals surface area contributed by atoms with Crippen molar-refractivity contribution < 1.29 is 54.3 Å². The van der Waals surface area contributed by atoms with Crippen LogP contribution in [0.3, 0.4) is 0 Å². The number of phenols is 1. The van der Waals surface area contributed by atoms with E-state index < -0.39 is 0 Å². The summed E-state index contributed by atoms with van der Waals surface area (Å²) in [5.41, 5.74) is 11.8. The van der Waals surface area contributed by atoms with Gasteiger partial charge in [-0.1, -0.05) is 30.7 Å². The van der Waals surface area contributed by atoms with Gasteiger partial charge in [-0.3, -0.25) is 34.5 Å². The normalized spacial score (nSPS) is 10.6. The quantitative estimate of drug-likeness (QED) is 0.0794. The van der Waals surface area contributed by atoms with E-state index in [9.17, 15) is 9.90 Å². The number of phenolic OH excluding ortho intramolecular Hbond substituents is 1. The van der Waals surface area contributed by atoms with Crippen LogP contribution < -0.4 is 11.1 Å². The van der Waals surface area contributed by atoms with Crippen molar-refractivity contribution in [1.29, 1.82) is 0 Å². The standard InChI is InChI=1S/C39H46N8O2.H2O.2Zn/c40-17-7-1-2-16-38(48)45-24-31-22-32(25-46(27-34-12-3-8-18-41-34)28-35-13-4-9-19-42-35)39(49)33(23-31)26-47(29-36-14-5-10-20-43-36)30-37-15-6-11-21-44-37;;;/h3-6,8-15,18-23,49H,1-2,7,16-17,24-30,40H2,(H,45,48);1H2;;. The van der Waals surface area contributed by atoms with E-state index in [1.54, 1.807) is 24.8 Å². The van der Waals surface area contributed by atoms with E-state index in [0.29, 0.717) is 58.8 Å². The molecule has 0 atom stereocenters. The Labute approximate surface area is 332 Å². The minimum absolute atomic E-state index is 0. The number of pyridine rings is 4. The molecule has 0 aliphatic heterocycles. The molecule has 0 saturated carbocycles. The molecule has 6 N–H and O–H groups in total. The van der Waals surface area contributed by atoms with E-state index >= 15 is 0 Å². The monoisotopic (exact) mass is 804 g/mol. The largest absolute Gasteiger partial charge is 0.507 e. The molecule has 0 radical (unpaired) electrons. The van der Waals surface area contributed by atoms with Gasteiger partial charge in [-0.15, -0.1) is 0 Å². The van der Waals surface area contributed by atoms with Crippen LogP contribution in [0.2, 0.25) is 0 Å². The number of nitrogens with two attached hydrogens (primary N) is 1. The molecule has 0 aliphatic rings. The first-order chi connectivity index (χ1) is 24.1. The van der Waals surface area contributed by atoms with Crippen molar-refractivity contribution in [3.8, 4) is 5.75 Å². The van der Waals surface area contributed by atoms with E-state index in [4.69, 9.17) is 5.73 Å². The second kappa shape index (κ2) is 24.4. The molecule has 0 spiro atoms. The maximum atomic E-state index is 12.7. The summed E-state index contributed by atoms with van der Waals surface area (Å²) in [5.74, 6) is 0.239. The Kier molecular flexibility index (Phi) is 20.8. The number of amides is 1. The summed E-state index contributed by atoms with van der Waals surface area (Å²) < 4.78 is 0. The van der Waals surface area contributed by atoms with Crippen LogP contribution in [0.15, 0.2) is 110 Å². The van der Waals surface area contributed by atoms with E-state index in [-0.39, 0.29) is 56.1 Å². The molecule has 266 valence electrons. The molecule has 11 nitrogen and oxygen atoms in total. The van der Waals surface area contributed by atoms with E-state index in [1.165, 1.54) is 0 Å². The van der Waals surface area contributed by atoms with E-state index in [0.717, 1.165) is 58.7 Å². The average molecular weight is 808 g/mol. The maximum absolute atomic E-state index is 12.7. The predicted molar refractivity (Wildman–Crippen MR) is 194 cm³/mol. The minimum Gasteiger partial charge on any atom is -0.507 e. The Morgan fingerprint density at radius 3 is 1.37 bits per heavy atom. The molecule has 4 aromatic heterocycles. The summed E-state index contributed by atoms with van der Waals surface area (Å²) >= 11 is 0. The van der Waals surface area contributed by atoms with Crippen molar-refractivity contribution in [1.82, 2.24) is 35.1 Å². The third-order valence-electron chi connectivity index (χ3n) is 8.16. The Bertz CT molecular complexity index is 1520. The second-order valence-corrected chi connectivity index (χ2v) is 12.2. The third-order valence-corrected chi connectivity index (χ3v) is 8.16. The second-order valence-electron chi connectivity index (χ2n) is 12.2. The van der Waals surface area contributed by atoms with Crippen LogP contribution in [0.25, 0.3) is 0 Å². The van der Waals surface area contributed by atoms with Gasteiger partial charge in [0, 0.05) is 127 Å². The number of nitrogens with zero attached hydrogens (tertiary/aromatic N) is 6. The number of benzene rings is 1. The molecule has 1 amide bonds. The van der Waals surface area contributed by atoms with E-state index in [2.05, 4.69) is 35.1 Å². The molecular formula is C39H48N8O3Zn2. The number of carbonyl (C=O) groups excluding carboxylic acids is 1. The van der Waals surface area contributed by atoms with Gasteiger partial charge in [-0.2, -0.15) is 0 Å². The first-order valence-corrected chi connectivity index (χ1v) is 16.9. The molecule has 0 unspecified atom stereocenters. The van der Waals surface area contributed by atoms with Gasteiger partial charge in [0.25, 0.3) is 0 Å². The van der Waals surface area contributed by atoms with Gasteiger partial charge in [0.2, 0.25) is 5.91 Å². The molecule has 13 heteroatoms. The first-order valence-electron chi connectivity index (χ1n) is 16.9. The van der Waals surface area contributed by atoms with Gasteiger partial charge in [0.05, 0.1) is 22.8 Å². The summed E-state index contributed by atoms with van der Waals surface area (Å²) in [4.78, 5) is 35.5. The average Bonchev–Trinajstić information content (AvgIpc) is 3.12. The molecular weight excluding hydrogens is 759 g/mol. The number of carbonyl (C=O) groups is 1. The first kappa shape index (κ1) is 44.3. The van der Waals surface area contributed by atoms with Crippen LogP contribution in [0, 0.1) is 0 Å². The third kappa shape index (κ3) is 15.0. The zero-order valence-electron chi connectivity index (χ0n) is 29.9. The van der Waals surface area contributed by atoms with Crippen LogP contribution in [0.4, 0.5) is 0 Å². The molecule has 5 rings (SSSR count). The number of nitrogens with one attached hydrogen (secondary N) is 1. The van der Waals surface area contributed by atoms with Gasteiger partial charge >= 0.3 is 0 Å². The summed E-state index contributed by atoms with van der Waals surface area (Å²) in [6, 6.07) is 27.6. The Morgan fingerprint density at radius 2 is 1.02 bits per heavy atom. The summed E-state index contributed by atoms with van der Waals surface area (Å²) in [6.45, 7) is 4.18. The van der Waals surface area contributed by atoms with Crippen LogP contribution in [0.5, 0.6) is 5.75 Å². The zero-order valence-corrected chi connectivity index (χ0v) is 35.8. The number of hydrogen-bond donors (Lipinski definition) is 3. The molecule has 52 heavy (non-hydrogen) atoms. The number of aromatic hydroxyl groups is 1. The SMILES string of the molecule is NCCCCCC(=O)NCc1cc(CN(Cc2ccccn2)Cc2ccccn2)c(O)c(CN(Cc2ccccn2)Cc2ccccn2)c1.O.[Zn].[Zn]. The summed E-state index contributed by atoms with van der Waals surface area (Å²) in [7, 11) is 0. The number of hydrogen-bond acceptors (Lipinski definition) is 9. The fourth-order valence-electron chi connectivity index (χ4n) is 5.77. The fourth-order valence-corrected chi connectivity index (χ4v) is 5.77. The van der Waals surface area contributed by atoms with Crippen molar-refractivity contribution in [3.05, 3.63) is 149 Å². The summed E-state index contributed by atoms with van der Waals surface area (Å²) in [6.07, 6.45) is 10.3. The predicted octanol–water partition coefficient (Wildman–Crippen LogP) is 4.68. The Balaban J connectivity index is 0.00000312. The van der Waals surface area contributed by atoms with Gasteiger partial charge in [0.15, 0.2) is 0 Å². The zero-order chi connectivity index (χ0) is 34.1.